The zero-order valence-electron chi connectivity index (χ0n) is 10.4. The van der Waals surface area contributed by atoms with Crippen LogP contribution in [0.5, 0.6) is 0 Å². The normalized spacial score (nSPS) is 34.8. The first-order valence-corrected chi connectivity index (χ1v) is 7.61. The first kappa shape index (κ1) is 12.8. The summed E-state index contributed by atoms with van der Waals surface area (Å²) in [7, 11) is 0. The molecule has 1 aromatic carbocycles. The molecule has 0 heterocycles. The van der Waals surface area contributed by atoms with E-state index in [9.17, 15) is 0 Å². The highest BCUT2D eigenvalue weighted by molar-refractivity contribution is 6.42. The summed E-state index contributed by atoms with van der Waals surface area (Å²) in [4.78, 5) is 0. The van der Waals surface area contributed by atoms with Crippen molar-refractivity contribution in [2.75, 3.05) is 6.54 Å². The van der Waals surface area contributed by atoms with E-state index in [-0.39, 0.29) is 0 Å². The van der Waals surface area contributed by atoms with Gasteiger partial charge in [0.2, 0.25) is 0 Å². The molecule has 18 heavy (non-hydrogen) atoms. The van der Waals surface area contributed by atoms with E-state index in [1.54, 1.807) is 0 Å². The van der Waals surface area contributed by atoms with Gasteiger partial charge >= 0.3 is 0 Å². The summed E-state index contributed by atoms with van der Waals surface area (Å²) in [6.07, 6.45) is 5.44. The van der Waals surface area contributed by atoms with Gasteiger partial charge in [0.1, 0.15) is 0 Å². The van der Waals surface area contributed by atoms with E-state index >= 15 is 0 Å². The number of benzene rings is 1. The summed E-state index contributed by atoms with van der Waals surface area (Å²) in [6, 6.07) is 6.12. The summed E-state index contributed by atoms with van der Waals surface area (Å²) in [5.74, 6) is 2.84. The summed E-state index contributed by atoms with van der Waals surface area (Å²) in [6.45, 7) is 0.798. The van der Waals surface area contributed by atoms with Crippen LogP contribution in [0.3, 0.4) is 0 Å². The molecule has 98 valence electrons. The molecule has 3 aliphatic rings. The third kappa shape index (κ3) is 2.07. The molecule has 0 unspecified atom stereocenters. The van der Waals surface area contributed by atoms with Crippen LogP contribution in [-0.2, 0) is 0 Å². The molecule has 1 aromatic rings. The van der Waals surface area contributed by atoms with E-state index in [0.717, 1.165) is 18.4 Å². The Hall–Kier alpha value is -0.240. The topological polar surface area (TPSA) is 26.0 Å². The maximum absolute atomic E-state index is 6.16. The lowest BCUT2D eigenvalue weighted by Crippen LogP contribution is -2.42. The Morgan fingerprint density at radius 1 is 1.00 bits per heavy atom. The standard InChI is InChI=1S/C15H19Cl2N/c16-13-6-5-11(7-14(13)17)15-10-3-1-9(2-4-10)12(15)8-18/h5-7,9-10,12,15H,1-4,8,18H2/t9?,10?,12-,15+/m0/s1. The van der Waals surface area contributed by atoms with E-state index in [1.807, 2.05) is 6.07 Å². The molecule has 2 N–H and O–H groups in total. The number of rotatable bonds is 2. The van der Waals surface area contributed by atoms with E-state index in [1.165, 1.54) is 31.2 Å². The van der Waals surface area contributed by atoms with Crippen LogP contribution in [0.4, 0.5) is 0 Å². The Morgan fingerprint density at radius 2 is 1.67 bits per heavy atom. The molecule has 0 aliphatic heterocycles. The van der Waals surface area contributed by atoms with Crippen molar-refractivity contribution in [2.45, 2.75) is 31.6 Å². The van der Waals surface area contributed by atoms with Gasteiger partial charge in [-0.3, -0.25) is 0 Å². The van der Waals surface area contributed by atoms with Gasteiger partial charge in [-0.1, -0.05) is 29.3 Å². The number of nitrogens with two attached hydrogens (primary N) is 1. The van der Waals surface area contributed by atoms with E-state index in [0.29, 0.717) is 21.9 Å². The second-order valence-electron chi connectivity index (χ2n) is 5.77. The predicted molar refractivity (Wildman–Crippen MR) is 77.2 cm³/mol. The number of hydrogen-bond donors (Lipinski definition) is 1. The Labute approximate surface area is 119 Å². The molecule has 2 atom stereocenters. The van der Waals surface area contributed by atoms with Crippen LogP contribution in [0.25, 0.3) is 0 Å². The monoisotopic (exact) mass is 283 g/mol. The molecular weight excluding hydrogens is 265 g/mol. The van der Waals surface area contributed by atoms with Crippen LogP contribution in [0, 0.1) is 17.8 Å². The lowest BCUT2D eigenvalue weighted by atomic mass is 9.57. The van der Waals surface area contributed by atoms with Crippen molar-refractivity contribution >= 4 is 23.2 Å². The molecule has 3 fully saturated rings. The largest absolute Gasteiger partial charge is 0.330 e. The summed E-state index contributed by atoms with van der Waals surface area (Å²) < 4.78 is 0. The molecular formula is C15H19Cl2N. The minimum absolute atomic E-state index is 0.595. The average molecular weight is 284 g/mol. The summed E-state index contributed by atoms with van der Waals surface area (Å²) in [5.41, 5.74) is 7.37. The molecule has 3 aliphatic carbocycles. The fraction of sp³-hybridized carbons (Fsp3) is 0.600. The van der Waals surface area contributed by atoms with Crippen molar-refractivity contribution in [3.8, 4) is 0 Å². The van der Waals surface area contributed by atoms with Crippen molar-refractivity contribution in [3.63, 3.8) is 0 Å². The van der Waals surface area contributed by atoms with Crippen LogP contribution >= 0.6 is 23.2 Å². The van der Waals surface area contributed by atoms with Gasteiger partial charge in [-0.05, 0) is 73.6 Å². The fourth-order valence-electron chi connectivity index (χ4n) is 4.15. The van der Waals surface area contributed by atoms with Crippen LogP contribution < -0.4 is 5.73 Å². The van der Waals surface area contributed by atoms with Crippen molar-refractivity contribution in [3.05, 3.63) is 33.8 Å². The summed E-state index contributed by atoms with van der Waals surface area (Å²) in [5, 5.41) is 1.32. The summed E-state index contributed by atoms with van der Waals surface area (Å²) >= 11 is 12.2. The molecule has 3 heteroatoms. The quantitative estimate of drug-likeness (QED) is 0.851. The van der Waals surface area contributed by atoms with Gasteiger partial charge in [0, 0.05) is 0 Å². The highest BCUT2D eigenvalue weighted by atomic mass is 35.5. The second kappa shape index (κ2) is 5.03. The Kier molecular flexibility index (Phi) is 3.57. The second-order valence-corrected chi connectivity index (χ2v) is 6.59. The molecule has 0 radical (unpaired) electrons. The van der Waals surface area contributed by atoms with Crippen LogP contribution in [0.15, 0.2) is 18.2 Å². The van der Waals surface area contributed by atoms with Gasteiger partial charge in [0.05, 0.1) is 10.0 Å². The minimum atomic E-state index is 0.595. The van der Waals surface area contributed by atoms with Crippen molar-refractivity contribution in [2.24, 2.45) is 23.5 Å². The van der Waals surface area contributed by atoms with Gasteiger partial charge in [0.15, 0.2) is 0 Å². The van der Waals surface area contributed by atoms with Crippen molar-refractivity contribution in [1.29, 1.82) is 0 Å². The zero-order chi connectivity index (χ0) is 12.7. The highest BCUT2D eigenvalue weighted by Crippen LogP contribution is 2.53. The molecule has 0 aromatic heterocycles. The SMILES string of the molecule is NC[C@H]1C2CCC(CC2)[C@@H]1c1ccc(Cl)c(Cl)c1. The smallest absolute Gasteiger partial charge is 0.0595 e. The van der Waals surface area contributed by atoms with Gasteiger partial charge in [-0.2, -0.15) is 0 Å². The van der Waals surface area contributed by atoms with E-state index in [2.05, 4.69) is 12.1 Å². The number of hydrogen-bond acceptors (Lipinski definition) is 1. The molecule has 0 spiro atoms. The molecule has 4 rings (SSSR count). The minimum Gasteiger partial charge on any atom is -0.330 e. The molecule has 2 bridgehead atoms. The van der Waals surface area contributed by atoms with Crippen LogP contribution in [0.2, 0.25) is 10.0 Å². The van der Waals surface area contributed by atoms with Crippen molar-refractivity contribution < 1.29 is 0 Å². The highest BCUT2D eigenvalue weighted by Gasteiger charge is 2.43. The Morgan fingerprint density at radius 3 is 2.28 bits per heavy atom. The van der Waals surface area contributed by atoms with Gasteiger partial charge in [-0.25, -0.2) is 0 Å². The average Bonchev–Trinajstić information content (AvgIpc) is 2.42. The molecule has 0 amide bonds. The third-order valence-electron chi connectivity index (χ3n) is 4.99. The van der Waals surface area contributed by atoms with Crippen molar-refractivity contribution in [1.82, 2.24) is 0 Å². The maximum atomic E-state index is 6.16. The van der Waals surface area contributed by atoms with Gasteiger partial charge in [-0.15, -0.1) is 0 Å². The Bertz CT molecular complexity index is 438. The maximum Gasteiger partial charge on any atom is 0.0595 e. The fourth-order valence-corrected chi connectivity index (χ4v) is 4.46. The first-order chi connectivity index (χ1) is 8.70. The van der Waals surface area contributed by atoms with E-state index in [4.69, 9.17) is 28.9 Å². The molecule has 3 saturated carbocycles. The lowest BCUT2D eigenvalue weighted by molar-refractivity contribution is 0.0731. The van der Waals surface area contributed by atoms with Gasteiger partial charge < -0.3 is 5.73 Å². The molecule has 1 nitrogen and oxygen atoms in total. The zero-order valence-corrected chi connectivity index (χ0v) is 11.9. The molecule has 0 saturated heterocycles. The third-order valence-corrected chi connectivity index (χ3v) is 5.73. The first-order valence-electron chi connectivity index (χ1n) is 6.85. The Balaban J connectivity index is 1.95. The van der Waals surface area contributed by atoms with Crippen LogP contribution in [-0.4, -0.2) is 6.54 Å². The van der Waals surface area contributed by atoms with E-state index < -0.39 is 0 Å². The predicted octanol–water partition coefficient (Wildman–Crippen LogP) is 4.47. The number of halogens is 2. The number of fused-ring (bicyclic) bond motifs is 3. The van der Waals surface area contributed by atoms with Gasteiger partial charge in [0.25, 0.3) is 0 Å². The van der Waals surface area contributed by atoms with Crippen LogP contribution in [0.1, 0.15) is 37.2 Å². The lowest BCUT2D eigenvalue weighted by Gasteiger charge is -2.48.